The Balaban J connectivity index is 1.80. The first-order chi connectivity index (χ1) is 11.9. The Labute approximate surface area is 137 Å². The standard InChI is InChI=1S/C19H13N5/c1-3-8-16-14(6-1)21-12-23(16)18-10-5-11-20-19(18)24-13-22-15-7-2-4-9-17(15)24/h1-13H. The number of para-hydroxylation sites is 4. The van der Waals surface area contributed by atoms with Crippen molar-refractivity contribution >= 4 is 22.1 Å². The molecule has 0 radical (unpaired) electrons. The number of aromatic nitrogens is 5. The second-order valence-corrected chi connectivity index (χ2v) is 5.55. The van der Waals surface area contributed by atoms with E-state index >= 15 is 0 Å². The lowest BCUT2D eigenvalue weighted by Crippen LogP contribution is -2.03. The maximum atomic E-state index is 4.61. The normalized spacial score (nSPS) is 11.3. The summed E-state index contributed by atoms with van der Waals surface area (Å²) in [6.45, 7) is 0. The van der Waals surface area contributed by atoms with Crippen LogP contribution in [0.5, 0.6) is 0 Å². The fourth-order valence-electron chi connectivity index (χ4n) is 3.04. The van der Waals surface area contributed by atoms with E-state index in [4.69, 9.17) is 0 Å². The summed E-state index contributed by atoms with van der Waals surface area (Å²) in [4.78, 5) is 13.6. The predicted molar refractivity (Wildman–Crippen MR) is 93.5 cm³/mol. The van der Waals surface area contributed by atoms with Crippen LogP contribution in [0.15, 0.2) is 79.5 Å². The van der Waals surface area contributed by atoms with Crippen molar-refractivity contribution in [3.05, 3.63) is 79.5 Å². The van der Waals surface area contributed by atoms with Crippen LogP contribution in [0, 0.1) is 0 Å². The summed E-state index contributed by atoms with van der Waals surface area (Å²) in [6.07, 6.45) is 5.45. The average molecular weight is 311 g/mol. The zero-order chi connectivity index (χ0) is 15.9. The van der Waals surface area contributed by atoms with E-state index in [9.17, 15) is 0 Å². The van der Waals surface area contributed by atoms with Gasteiger partial charge in [0.05, 0.1) is 27.8 Å². The number of rotatable bonds is 2. The van der Waals surface area contributed by atoms with Gasteiger partial charge in [0, 0.05) is 6.20 Å². The monoisotopic (exact) mass is 311 g/mol. The first-order valence-corrected chi connectivity index (χ1v) is 7.72. The molecule has 0 saturated heterocycles. The highest BCUT2D eigenvalue weighted by Crippen LogP contribution is 2.24. The molecule has 0 saturated carbocycles. The highest BCUT2D eigenvalue weighted by molar-refractivity contribution is 5.80. The van der Waals surface area contributed by atoms with E-state index in [-0.39, 0.29) is 0 Å². The predicted octanol–water partition coefficient (Wildman–Crippen LogP) is 3.76. The number of benzene rings is 2. The van der Waals surface area contributed by atoms with Gasteiger partial charge in [-0.2, -0.15) is 0 Å². The summed E-state index contributed by atoms with van der Waals surface area (Å²) in [5.74, 6) is 0.828. The molecule has 2 aromatic carbocycles. The molecule has 24 heavy (non-hydrogen) atoms. The molecule has 0 unspecified atom stereocenters. The van der Waals surface area contributed by atoms with Crippen molar-refractivity contribution in [3.63, 3.8) is 0 Å². The van der Waals surface area contributed by atoms with E-state index < -0.39 is 0 Å². The lowest BCUT2D eigenvalue weighted by molar-refractivity contribution is 0.969. The molecule has 5 nitrogen and oxygen atoms in total. The van der Waals surface area contributed by atoms with Crippen molar-refractivity contribution in [2.24, 2.45) is 0 Å². The molecule has 0 atom stereocenters. The van der Waals surface area contributed by atoms with E-state index in [1.54, 1.807) is 6.20 Å². The van der Waals surface area contributed by atoms with Crippen molar-refractivity contribution in [3.8, 4) is 11.5 Å². The van der Waals surface area contributed by atoms with Gasteiger partial charge < -0.3 is 0 Å². The molecule has 0 bridgehead atoms. The van der Waals surface area contributed by atoms with Crippen molar-refractivity contribution in [1.29, 1.82) is 0 Å². The Morgan fingerprint density at radius 1 is 0.583 bits per heavy atom. The largest absolute Gasteiger partial charge is 0.295 e. The zero-order valence-electron chi connectivity index (χ0n) is 12.7. The number of imidazole rings is 2. The quantitative estimate of drug-likeness (QED) is 0.499. The number of nitrogens with zero attached hydrogens (tertiary/aromatic N) is 5. The summed E-state index contributed by atoms with van der Waals surface area (Å²) in [5.41, 5.74) is 4.96. The minimum absolute atomic E-state index is 0.828. The van der Waals surface area contributed by atoms with Gasteiger partial charge in [-0.3, -0.25) is 9.13 Å². The van der Waals surface area contributed by atoms with Crippen molar-refractivity contribution in [2.75, 3.05) is 0 Å². The van der Waals surface area contributed by atoms with Crippen molar-refractivity contribution in [1.82, 2.24) is 24.1 Å². The molecular formula is C19H13N5. The second-order valence-electron chi connectivity index (χ2n) is 5.55. The van der Waals surface area contributed by atoms with Crippen LogP contribution in [0.4, 0.5) is 0 Å². The first kappa shape index (κ1) is 13.0. The molecule has 0 spiro atoms. The summed E-state index contributed by atoms with van der Waals surface area (Å²) in [6, 6.07) is 20.1. The van der Waals surface area contributed by atoms with Crippen LogP contribution in [0.2, 0.25) is 0 Å². The molecule has 3 aromatic heterocycles. The number of hydrogen-bond acceptors (Lipinski definition) is 3. The second kappa shape index (κ2) is 5.03. The van der Waals surface area contributed by atoms with E-state index in [1.165, 1.54) is 0 Å². The van der Waals surface area contributed by atoms with Crippen LogP contribution < -0.4 is 0 Å². The van der Waals surface area contributed by atoms with Gasteiger partial charge in [-0.15, -0.1) is 0 Å². The van der Waals surface area contributed by atoms with Crippen molar-refractivity contribution in [2.45, 2.75) is 0 Å². The molecule has 0 aliphatic carbocycles. The maximum absolute atomic E-state index is 4.61. The van der Waals surface area contributed by atoms with Crippen LogP contribution in [-0.4, -0.2) is 24.1 Å². The minimum atomic E-state index is 0.828. The van der Waals surface area contributed by atoms with Gasteiger partial charge >= 0.3 is 0 Å². The van der Waals surface area contributed by atoms with Gasteiger partial charge in [0.15, 0.2) is 5.82 Å². The SMILES string of the molecule is c1cnc(-n2cnc3ccccc32)c(-n2cnc3ccccc32)c1. The van der Waals surface area contributed by atoms with Crippen molar-refractivity contribution < 1.29 is 0 Å². The number of pyridine rings is 1. The van der Waals surface area contributed by atoms with Crippen LogP contribution >= 0.6 is 0 Å². The highest BCUT2D eigenvalue weighted by atomic mass is 15.2. The van der Waals surface area contributed by atoms with E-state index in [0.29, 0.717) is 0 Å². The smallest absolute Gasteiger partial charge is 0.162 e. The van der Waals surface area contributed by atoms with Gasteiger partial charge in [0.1, 0.15) is 12.7 Å². The summed E-state index contributed by atoms with van der Waals surface area (Å²) in [5, 5.41) is 0. The van der Waals surface area contributed by atoms with Gasteiger partial charge in [0.25, 0.3) is 0 Å². The Morgan fingerprint density at radius 2 is 1.21 bits per heavy atom. The summed E-state index contributed by atoms with van der Waals surface area (Å²) in [7, 11) is 0. The molecule has 3 heterocycles. The molecule has 0 aliphatic heterocycles. The third-order valence-electron chi connectivity index (χ3n) is 4.16. The lowest BCUT2D eigenvalue weighted by atomic mass is 10.3. The Hall–Kier alpha value is -3.47. The fraction of sp³-hybridized carbons (Fsp3) is 0. The number of hydrogen-bond donors (Lipinski definition) is 0. The van der Waals surface area contributed by atoms with E-state index in [1.807, 2.05) is 71.8 Å². The van der Waals surface area contributed by atoms with Crippen LogP contribution in [-0.2, 0) is 0 Å². The van der Waals surface area contributed by atoms with Gasteiger partial charge in [0.2, 0.25) is 0 Å². The molecule has 5 aromatic rings. The van der Waals surface area contributed by atoms with Crippen LogP contribution in [0.25, 0.3) is 33.6 Å². The maximum Gasteiger partial charge on any atom is 0.162 e. The fourth-order valence-corrected chi connectivity index (χ4v) is 3.04. The highest BCUT2D eigenvalue weighted by Gasteiger charge is 2.13. The minimum Gasteiger partial charge on any atom is -0.295 e. The van der Waals surface area contributed by atoms with Gasteiger partial charge in [-0.25, -0.2) is 15.0 Å². The van der Waals surface area contributed by atoms with Crippen LogP contribution in [0.1, 0.15) is 0 Å². The molecule has 5 heteroatoms. The zero-order valence-corrected chi connectivity index (χ0v) is 12.7. The van der Waals surface area contributed by atoms with Crippen LogP contribution in [0.3, 0.4) is 0 Å². The first-order valence-electron chi connectivity index (χ1n) is 7.72. The van der Waals surface area contributed by atoms with E-state index in [2.05, 4.69) is 25.6 Å². The van der Waals surface area contributed by atoms with Gasteiger partial charge in [-0.05, 0) is 36.4 Å². The third-order valence-corrected chi connectivity index (χ3v) is 4.16. The van der Waals surface area contributed by atoms with Gasteiger partial charge in [-0.1, -0.05) is 24.3 Å². The Kier molecular flexibility index (Phi) is 2.72. The molecule has 5 rings (SSSR count). The molecule has 0 fully saturated rings. The lowest BCUT2D eigenvalue weighted by Gasteiger charge is -2.11. The molecular weight excluding hydrogens is 298 g/mol. The molecule has 114 valence electrons. The molecule has 0 amide bonds. The Morgan fingerprint density at radius 3 is 1.96 bits per heavy atom. The third kappa shape index (κ3) is 1.85. The topological polar surface area (TPSA) is 48.5 Å². The molecule has 0 N–H and O–H groups in total. The van der Waals surface area contributed by atoms with E-state index in [0.717, 1.165) is 33.6 Å². The molecule has 0 aliphatic rings. The summed E-state index contributed by atoms with van der Waals surface area (Å²) >= 11 is 0. The number of fused-ring (bicyclic) bond motifs is 2. The average Bonchev–Trinajstić information content (AvgIpc) is 3.26. The Bertz CT molecular complexity index is 1080. The summed E-state index contributed by atoms with van der Waals surface area (Å²) < 4.78 is 4.08.